The first kappa shape index (κ1) is 13.6. The molecule has 1 saturated carbocycles. The number of aliphatic hydroxyl groups is 1. The minimum atomic E-state index is 0.287. The van der Waals surface area contributed by atoms with Crippen LogP contribution in [0.3, 0.4) is 0 Å². The van der Waals surface area contributed by atoms with Gasteiger partial charge in [0.25, 0.3) is 0 Å². The second-order valence-corrected chi connectivity index (χ2v) is 5.23. The van der Waals surface area contributed by atoms with E-state index in [2.05, 4.69) is 34.6 Å². The number of rotatable bonds is 7. The summed E-state index contributed by atoms with van der Waals surface area (Å²) in [4.78, 5) is 2.52. The number of aliphatic hydroxyl groups excluding tert-OH is 1. The summed E-state index contributed by atoms with van der Waals surface area (Å²) < 4.78 is 2.10. The number of nitrogens with zero attached hydrogens (tertiary/aromatic N) is 3. The third-order valence-electron chi connectivity index (χ3n) is 3.84. The van der Waals surface area contributed by atoms with E-state index in [-0.39, 0.29) is 6.61 Å². The summed E-state index contributed by atoms with van der Waals surface area (Å²) in [6.07, 6.45) is 4.84. The molecule has 1 aromatic heterocycles. The number of aromatic nitrogens is 2. The van der Waals surface area contributed by atoms with E-state index in [1.807, 2.05) is 0 Å². The molecule has 0 aromatic carbocycles. The van der Waals surface area contributed by atoms with Crippen molar-refractivity contribution in [3.05, 3.63) is 17.5 Å². The molecule has 1 aromatic rings. The first-order valence-corrected chi connectivity index (χ1v) is 7.12. The van der Waals surface area contributed by atoms with Crippen LogP contribution in [0, 0.1) is 6.92 Å². The van der Waals surface area contributed by atoms with Gasteiger partial charge in [0.1, 0.15) is 0 Å². The van der Waals surface area contributed by atoms with Gasteiger partial charge in [0, 0.05) is 32.3 Å². The lowest BCUT2D eigenvalue weighted by Crippen LogP contribution is -2.40. The van der Waals surface area contributed by atoms with Crippen molar-refractivity contribution < 1.29 is 5.11 Å². The van der Waals surface area contributed by atoms with E-state index in [4.69, 9.17) is 5.11 Å². The highest BCUT2D eigenvalue weighted by molar-refractivity contribution is 5.09. The smallest absolute Gasteiger partial charge is 0.0597 e. The first-order valence-electron chi connectivity index (χ1n) is 7.12. The maximum atomic E-state index is 9.01. The maximum Gasteiger partial charge on any atom is 0.0597 e. The number of hydrogen-bond donors (Lipinski definition) is 1. The van der Waals surface area contributed by atoms with E-state index in [0.717, 1.165) is 37.8 Å². The van der Waals surface area contributed by atoms with Gasteiger partial charge >= 0.3 is 0 Å². The molecule has 1 aliphatic carbocycles. The summed E-state index contributed by atoms with van der Waals surface area (Å²) in [6, 6.07) is 2.91. The minimum Gasteiger partial charge on any atom is -0.396 e. The fraction of sp³-hybridized carbons (Fsp3) is 0.786. The third-order valence-corrected chi connectivity index (χ3v) is 3.84. The van der Waals surface area contributed by atoms with Crippen LogP contribution in [-0.4, -0.2) is 39.0 Å². The lowest BCUT2D eigenvalue weighted by atomic mass is 9.91. The van der Waals surface area contributed by atoms with Gasteiger partial charge in [0.05, 0.1) is 11.4 Å². The van der Waals surface area contributed by atoms with Gasteiger partial charge < -0.3 is 5.11 Å². The molecule has 4 heteroatoms. The van der Waals surface area contributed by atoms with Crippen LogP contribution in [0.5, 0.6) is 0 Å². The van der Waals surface area contributed by atoms with Gasteiger partial charge in [0.15, 0.2) is 0 Å². The lowest BCUT2D eigenvalue weighted by Gasteiger charge is -2.37. The highest BCUT2D eigenvalue weighted by atomic mass is 16.3. The van der Waals surface area contributed by atoms with E-state index in [0.29, 0.717) is 0 Å². The van der Waals surface area contributed by atoms with Gasteiger partial charge in [0.2, 0.25) is 0 Å². The second-order valence-electron chi connectivity index (χ2n) is 5.23. The Balaban J connectivity index is 2.01. The molecule has 0 unspecified atom stereocenters. The summed E-state index contributed by atoms with van der Waals surface area (Å²) in [5.41, 5.74) is 2.41. The van der Waals surface area contributed by atoms with Crippen molar-refractivity contribution in [2.45, 2.75) is 58.7 Å². The van der Waals surface area contributed by atoms with Crippen molar-refractivity contribution in [3.63, 3.8) is 0 Å². The van der Waals surface area contributed by atoms with Crippen LogP contribution in [0.2, 0.25) is 0 Å². The SMILES string of the molecule is CCn1nc(C)cc1CN(CCCO)C1CCC1. The summed E-state index contributed by atoms with van der Waals surface area (Å²) in [6.45, 7) is 7.37. The Labute approximate surface area is 110 Å². The molecule has 0 bridgehead atoms. The normalized spacial score (nSPS) is 16.2. The molecule has 0 aliphatic heterocycles. The van der Waals surface area contributed by atoms with Gasteiger partial charge in [-0.25, -0.2) is 0 Å². The van der Waals surface area contributed by atoms with E-state index in [9.17, 15) is 0 Å². The lowest BCUT2D eigenvalue weighted by molar-refractivity contribution is 0.106. The monoisotopic (exact) mass is 251 g/mol. The van der Waals surface area contributed by atoms with Gasteiger partial charge in [-0.05, 0) is 39.2 Å². The minimum absolute atomic E-state index is 0.287. The van der Waals surface area contributed by atoms with Crippen LogP contribution < -0.4 is 0 Å². The van der Waals surface area contributed by atoms with Crippen LogP contribution >= 0.6 is 0 Å². The molecule has 0 saturated heterocycles. The second kappa shape index (κ2) is 6.34. The molecule has 0 radical (unpaired) electrons. The van der Waals surface area contributed by atoms with Gasteiger partial charge in [-0.3, -0.25) is 9.58 Å². The van der Waals surface area contributed by atoms with Crippen molar-refractivity contribution in [1.82, 2.24) is 14.7 Å². The zero-order valence-corrected chi connectivity index (χ0v) is 11.6. The highest BCUT2D eigenvalue weighted by Gasteiger charge is 2.25. The Morgan fingerprint density at radius 3 is 2.83 bits per heavy atom. The molecule has 0 spiro atoms. The summed E-state index contributed by atoms with van der Waals surface area (Å²) in [5.74, 6) is 0. The molecule has 18 heavy (non-hydrogen) atoms. The van der Waals surface area contributed by atoms with Crippen LogP contribution in [0.1, 0.15) is 44.0 Å². The van der Waals surface area contributed by atoms with Gasteiger partial charge in [-0.15, -0.1) is 0 Å². The molecular weight excluding hydrogens is 226 g/mol. The Kier molecular flexibility index (Phi) is 4.78. The summed E-state index contributed by atoms with van der Waals surface area (Å²) in [5, 5.41) is 13.5. The summed E-state index contributed by atoms with van der Waals surface area (Å²) >= 11 is 0. The topological polar surface area (TPSA) is 41.3 Å². The van der Waals surface area contributed by atoms with Crippen LogP contribution in [-0.2, 0) is 13.1 Å². The van der Waals surface area contributed by atoms with Crippen molar-refractivity contribution in [3.8, 4) is 0 Å². The van der Waals surface area contributed by atoms with Crippen LogP contribution in [0.4, 0.5) is 0 Å². The standard InChI is InChI=1S/C14H25N3O/c1-3-17-14(10-12(2)15-17)11-16(8-5-9-18)13-6-4-7-13/h10,13,18H,3-9,11H2,1-2H3. The van der Waals surface area contributed by atoms with E-state index >= 15 is 0 Å². The number of aryl methyl sites for hydroxylation is 2. The molecule has 1 N–H and O–H groups in total. The molecule has 0 amide bonds. The molecule has 2 rings (SSSR count). The Hall–Kier alpha value is -0.870. The molecule has 1 heterocycles. The van der Waals surface area contributed by atoms with Crippen LogP contribution in [0.25, 0.3) is 0 Å². The van der Waals surface area contributed by atoms with Crippen molar-refractivity contribution in [1.29, 1.82) is 0 Å². The molecule has 1 aliphatic rings. The Morgan fingerprint density at radius 2 is 2.28 bits per heavy atom. The fourth-order valence-corrected chi connectivity index (χ4v) is 2.62. The number of hydrogen-bond acceptors (Lipinski definition) is 3. The van der Waals surface area contributed by atoms with Gasteiger partial charge in [-0.1, -0.05) is 6.42 Å². The third kappa shape index (κ3) is 3.12. The molecule has 1 fully saturated rings. The zero-order valence-electron chi connectivity index (χ0n) is 11.6. The van der Waals surface area contributed by atoms with Crippen molar-refractivity contribution in [2.75, 3.05) is 13.2 Å². The highest BCUT2D eigenvalue weighted by Crippen LogP contribution is 2.26. The average Bonchev–Trinajstić information content (AvgIpc) is 2.64. The first-order chi connectivity index (χ1) is 8.74. The van der Waals surface area contributed by atoms with Crippen molar-refractivity contribution in [2.24, 2.45) is 0 Å². The van der Waals surface area contributed by atoms with Crippen LogP contribution in [0.15, 0.2) is 6.07 Å². The zero-order chi connectivity index (χ0) is 13.0. The predicted molar refractivity (Wildman–Crippen MR) is 72.4 cm³/mol. The predicted octanol–water partition coefficient (Wildman–Crippen LogP) is 1.95. The van der Waals surface area contributed by atoms with E-state index in [1.54, 1.807) is 0 Å². The molecule has 102 valence electrons. The molecular formula is C14H25N3O. The largest absolute Gasteiger partial charge is 0.396 e. The van der Waals surface area contributed by atoms with Crippen molar-refractivity contribution >= 4 is 0 Å². The molecule has 0 atom stereocenters. The van der Waals surface area contributed by atoms with E-state index < -0.39 is 0 Å². The fourth-order valence-electron chi connectivity index (χ4n) is 2.62. The Morgan fingerprint density at radius 1 is 1.50 bits per heavy atom. The van der Waals surface area contributed by atoms with E-state index in [1.165, 1.54) is 25.0 Å². The maximum absolute atomic E-state index is 9.01. The quantitative estimate of drug-likeness (QED) is 0.805. The molecule has 4 nitrogen and oxygen atoms in total. The Bertz CT molecular complexity index is 371. The average molecular weight is 251 g/mol. The van der Waals surface area contributed by atoms with Gasteiger partial charge in [-0.2, -0.15) is 5.10 Å². The summed E-state index contributed by atoms with van der Waals surface area (Å²) in [7, 11) is 0.